The molecule has 34 heavy (non-hydrogen) atoms. The van der Waals surface area contributed by atoms with Crippen molar-refractivity contribution in [2.75, 3.05) is 26.4 Å². The first-order valence-electron chi connectivity index (χ1n) is 12.5. The van der Waals surface area contributed by atoms with Crippen molar-refractivity contribution in [3.8, 4) is 0 Å². The molecule has 8 nitrogen and oxygen atoms in total. The lowest BCUT2D eigenvalue weighted by Crippen LogP contribution is -2.23. The average molecular weight is 504 g/mol. The third-order valence-corrected chi connectivity index (χ3v) is 5.76. The number of aliphatic hydroxyl groups is 1. The summed E-state index contributed by atoms with van der Waals surface area (Å²) >= 11 is 0. The number of carbonyl (C=O) groups is 1. The maximum atomic E-state index is 11.7. The summed E-state index contributed by atoms with van der Waals surface area (Å²) in [6.07, 6.45) is 24.2. The van der Waals surface area contributed by atoms with Crippen LogP contribution in [0.5, 0.6) is 0 Å². The highest BCUT2D eigenvalue weighted by molar-refractivity contribution is 7.47. The van der Waals surface area contributed by atoms with E-state index < -0.39 is 26.5 Å². The number of carbonyl (C=O) groups excluding carboxylic acids is 1. The van der Waals surface area contributed by atoms with Crippen LogP contribution in [0.2, 0.25) is 0 Å². The molecule has 0 aliphatic rings. The van der Waals surface area contributed by atoms with Crippen LogP contribution in [0.1, 0.15) is 84.0 Å². The predicted octanol–water partition coefficient (Wildman–Crippen LogP) is 5.35. The molecule has 0 saturated carbocycles. The topological polar surface area (TPSA) is 128 Å². The van der Waals surface area contributed by atoms with Gasteiger partial charge >= 0.3 is 13.8 Å². The first-order valence-corrected chi connectivity index (χ1v) is 14.0. The van der Waals surface area contributed by atoms with Gasteiger partial charge in [0.2, 0.25) is 0 Å². The van der Waals surface area contributed by atoms with Crippen molar-refractivity contribution in [1.82, 2.24) is 0 Å². The van der Waals surface area contributed by atoms with Gasteiger partial charge in [-0.2, -0.15) is 0 Å². The summed E-state index contributed by atoms with van der Waals surface area (Å²) in [5.41, 5.74) is 5.17. The van der Waals surface area contributed by atoms with E-state index >= 15 is 0 Å². The molecule has 0 aromatic heterocycles. The predicted molar refractivity (Wildman–Crippen MR) is 136 cm³/mol. The molecule has 0 radical (unpaired) electrons. The van der Waals surface area contributed by atoms with Crippen molar-refractivity contribution >= 4 is 13.8 Å². The van der Waals surface area contributed by atoms with Crippen molar-refractivity contribution in [3.05, 3.63) is 36.5 Å². The molecule has 0 rings (SSSR count). The number of unbranched alkanes of at least 4 members (excludes halogenated alkanes) is 7. The summed E-state index contributed by atoms with van der Waals surface area (Å²) in [5, 5.41) is 9.68. The summed E-state index contributed by atoms with van der Waals surface area (Å²) in [4.78, 5) is 21.0. The fourth-order valence-corrected chi connectivity index (χ4v) is 3.71. The minimum atomic E-state index is -4.25. The molecule has 0 heterocycles. The Bertz CT molecular complexity index is 622. The highest BCUT2D eigenvalue weighted by Gasteiger charge is 2.22. The Morgan fingerprint density at radius 1 is 0.882 bits per heavy atom. The minimum absolute atomic E-state index is 0.0712. The number of nitrogens with two attached hydrogens (primary N) is 1. The quantitative estimate of drug-likeness (QED) is 0.0736. The Labute approximate surface area is 205 Å². The van der Waals surface area contributed by atoms with Gasteiger partial charge in [0, 0.05) is 13.0 Å². The Hall–Kier alpha value is -1.28. The summed E-state index contributed by atoms with van der Waals surface area (Å²) in [7, 11) is -4.25. The molecule has 0 bridgehead atoms. The zero-order valence-electron chi connectivity index (χ0n) is 20.8. The van der Waals surface area contributed by atoms with Gasteiger partial charge in [-0.3, -0.25) is 13.8 Å². The van der Waals surface area contributed by atoms with Crippen LogP contribution in [-0.2, 0) is 23.1 Å². The van der Waals surface area contributed by atoms with Crippen molar-refractivity contribution < 1.29 is 33.1 Å². The van der Waals surface area contributed by atoms with E-state index in [9.17, 15) is 19.4 Å². The van der Waals surface area contributed by atoms with Crippen LogP contribution in [0.25, 0.3) is 0 Å². The SMILES string of the molecule is CC/C=C\C/C=C\C/C=C\CCCCCCCCCC(=O)OC[C@@H](O)COP(=O)(O)OCCN. The molecule has 0 spiro atoms. The van der Waals surface area contributed by atoms with Gasteiger partial charge in [0.05, 0.1) is 13.2 Å². The van der Waals surface area contributed by atoms with E-state index in [1.54, 1.807) is 0 Å². The summed E-state index contributed by atoms with van der Waals surface area (Å²) < 4.78 is 25.5. The number of phosphoric ester groups is 1. The second-order valence-corrected chi connectivity index (χ2v) is 9.48. The number of esters is 1. The molecular weight excluding hydrogens is 457 g/mol. The largest absolute Gasteiger partial charge is 0.472 e. The molecule has 2 atom stereocenters. The van der Waals surface area contributed by atoms with Crippen molar-refractivity contribution in [2.45, 2.75) is 90.1 Å². The summed E-state index contributed by atoms with van der Waals surface area (Å²) in [6.45, 7) is 1.31. The summed E-state index contributed by atoms with van der Waals surface area (Å²) in [6, 6.07) is 0. The third kappa shape index (κ3) is 23.9. The highest BCUT2D eigenvalue weighted by Crippen LogP contribution is 2.42. The van der Waals surface area contributed by atoms with Gasteiger partial charge in [0.1, 0.15) is 12.7 Å². The normalized spacial score (nSPS) is 14.8. The van der Waals surface area contributed by atoms with E-state index in [4.69, 9.17) is 10.5 Å². The first-order chi connectivity index (χ1) is 16.4. The minimum Gasteiger partial charge on any atom is -0.463 e. The van der Waals surface area contributed by atoms with E-state index in [-0.39, 0.29) is 19.8 Å². The Kier molecular flexibility index (Phi) is 22.6. The highest BCUT2D eigenvalue weighted by atomic mass is 31.2. The summed E-state index contributed by atoms with van der Waals surface area (Å²) in [5.74, 6) is -0.398. The molecule has 0 fully saturated rings. The maximum Gasteiger partial charge on any atom is 0.472 e. The number of ether oxygens (including phenoxy) is 1. The standard InChI is InChI=1S/C25H46NO7P/c1-2-3-4-5-6-7-8-9-10-11-12-13-14-15-16-17-18-19-25(28)31-22-24(27)23-33-34(29,30)32-21-20-26/h3-4,6-7,9-10,24,27H,2,5,8,11-23,26H2,1H3,(H,29,30)/b4-3-,7-6-,10-9-/t24-/m1/s1. The van der Waals surface area contributed by atoms with Gasteiger partial charge in [-0.05, 0) is 38.5 Å². The molecule has 0 saturated heterocycles. The number of phosphoric acid groups is 1. The van der Waals surface area contributed by atoms with Crippen LogP contribution in [0, 0.1) is 0 Å². The average Bonchev–Trinajstić information content (AvgIpc) is 2.82. The van der Waals surface area contributed by atoms with E-state index in [0.29, 0.717) is 6.42 Å². The number of rotatable bonds is 23. The first kappa shape index (κ1) is 32.7. The lowest BCUT2D eigenvalue weighted by molar-refractivity contribution is -0.147. The molecule has 0 aromatic carbocycles. The number of hydrogen-bond donors (Lipinski definition) is 3. The third-order valence-electron chi connectivity index (χ3n) is 4.77. The number of aliphatic hydroxyl groups excluding tert-OH is 1. The van der Waals surface area contributed by atoms with Crippen molar-refractivity contribution in [1.29, 1.82) is 0 Å². The molecule has 0 aliphatic carbocycles. The van der Waals surface area contributed by atoms with Gasteiger partial charge in [0.25, 0.3) is 0 Å². The molecular formula is C25H46NO7P. The Balaban J connectivity index is 3.51. The molecule has 0 aliphatic heterocycles. The molecule has 4 N–H and O–H groups in total. The fraction of sp³-hybridized carbons (Fsp3) is 0.720. The van der Waals surface area contributed by atoms with Gasteiger partial charge in [-0.15, -0.1) is 0 Å². The van der Waals surface area contributed by atoms with Crippen LogP contribution in [-0.4, -0.2) is 48.4 Å². The molecule has 0 amide bonds. The molecule has 9 heteroatoms. The smallest absolute Gasteiger partial charge is 0.463 e. The second-order valence-electron chi connectivity index (χ2n) is 8.03. The van der Waals surface area contributed by atoms with Crippen LogP contribution in [0.3, 0.4) is 0 Å². The van der Waals surface area contributed by atoms with Crippen LogP contribution in [0.4, 0.5) is 0 Å². The van der Waals surface area contributed by atoms with Crippen LogP contribution in [0.15, 0.2) is 36.5 Å². The lowest BCUT2D eigenvalue weighted by Gasteiger charge is -2.15. The van der Waals surface area contributed by atoms with Crippen molar-refractivity contribution in [3.63, 3.8) is 0 Å². The number of hydrogen-bond acceptors (Lipinski definition) is 7. The fourth-order valence-electron chi connectivity index (χ4n) is 2.94. The maximum absolute atomic E-state index is 11.7. The van der Waals surface area contributed by atoms with Crippen LogP contribution < -0.4 is 5.73 Å². The zero-order chi connectivity index (χ0) is 25.3. The van der Waals surface area contributed by atoms with Crippen LogP contribution >= 0.6 is 7.82 Å². The Morgan fingerprint density at radius 3 is 2.12 bits per heavy atom. The van der Waals surface area contributed by atoms with E-state index in [1.165, 1.54) is 19.3 Å². The van der Waals surface area contributed by atoms with E-state index in [1.807, 2.05) is 0 Å². The lowest BCUT2D eigenvalue weighted by atomic mass is 10.1. The Morgan fingerprint density at radius 2 is 1.47 bits per heavy atom. The van der Waals surface area contributed by atoms with Gasteiger partial charge in [0.15, 0.2) is 0 Å². The van der Waals surface area contributed by atoms with Gasteiger partial charge in [-0.1, -0.05) is 75.5 Å². The molecule has 198 valence electrons. The van der Waals surface area contributed by atoms with Gasteiger partial charge in [-0.25, -0.2) is 4.57 Å². The van der Waals surface area contributed by atoms with E-state index in [2.05, 4.69) is 52.4 Å². The van der Waals surface area contributed by atoms with E-state index in [0.717, 1.165) is 51.4 Å². The monoisotopic (exact) mass is 503 g/mol. The number of allylic oxidation sites excluding steroid dienone is 6. The molecule has 1 unspecified atom stereocenters. The van der Waals surface area contributed by atoms with Gasteiger partial charge < -0.3 is 20.5 Å². The second kappa shape index (κ2) is 23.5. The zero-order valence-corrected chi connectivity index (χ0v) is 21.7. The molecule has 0 aromatic rings. The van der Waals surface area contributed by atoms with Crippen molar-refractivity contribution in [2.24, 2.45) is 5.73 Å².